The highest BCUT2D eigenvalue weighted by Gasteiger charge is 1.99. The fourth-order valence-electron chi connectivity index (χ4n) is 0.784. The zero-order valence-corrected chi connectivity index (χ0v) is 7.56. The maximum absolute atomic E-state index is 9.22. The summed E-state index contributed by atoms with van der Waals surface area (Å²) >= 11 is 0. The Balaban J connectivity index is 0.000000213. The molecule has 2 heterocycles. The summed E-state index contributed by atoms with van der Waals surface area (Å²) in [5, 5.41) is 0. The topological polar surface area (TPSA) is 124 Å². The van der Waals surface area contributed by atoms with Crippen LogP contribution in [-0.2, 0) is 4.79 Å². The van der Waals surface area contributed by atoms with E-state index in [4.69, 9.17) is 5.73 Å². The summed E-state index contributed by atoms with van der Waals surface area (Å²) in [5.41, 5.74) is 11.3. The molecule has 0 spiro atoms. The molecular formula is C7H10N6O. The van der Waals surface area contributed by atoms with Crippen LogP contribution >= 0.6 is 0 Å². The van der Waals surface area contributed by atoms with E-state index in [0.717, 1.165) is 0 Å². The second-order valence-corrected chi connectivity index (χ2v) is 2.47. The van der Waals surface area contributed by atoms with Crippen LogP contribution in [0.4, 0.5) is 5.82 Å². The summed E-state index contributed by atoms with van der Waals surface area (Å²) in [6, 6.07) is 0. The molecule has 0 radical (unpaired) electrons. The van der Waals surface area contributed by atoms with Gasteiger partial charge in [-0.05, 0) is 0 Å². The fraction of sp³-hybridized carbons (Fsp3) is 0.143. The molecule has 5 N–H and O–H groups in total. The molecule has 14 heavy (non-hydrogen) atoms. The predicted molar refractivity (Wildman–Crippen MR) is 51.0 cm³/mol. The number of hydrogen-bond acceptors (Lipinski definition) is 5. The Morgan fingerprint density at radius 2 is 2.07 bits per heavy atom. The average molecular weight is 194 g/mol. The zero-order valence-electron chi connectivity index (χ0n) is 7.56. The van der Waals surface area contributed by atoms with Gasteiger partial charge >= 0.3 is 0 Å². The van der Waals surface area contributed by atoms with Gasteiger partial charge in [0.1, 0.15) is 11.8 Å². The van der Waals surface area contributed by atoms with Crippen LogP contribution in [0.2, 0.25) is 0 Å². The van der Waals surface area contributed by atoms with Crippen molar-refractivity contribution in [1.82, 2.24) is 19.9 Å². The van der Waals surface area contributed by atoms with Gasteiger partial charge in [-0.1, -0.05) is 0 Å². The summed E-state index contributed by atoms with van der Waals surface area (Å²) in [4.78, 5) is 23.6. The van der Waals surface area contributed by atoms with E-state index in [9.17, 15) is 4.79 Å². The van der Waals surface area contributed by atoms with E-state index in [1.165, 1.54) is 19.6 Å². The first kappa shape index (κ1) is 9.90. The number of aromatic amines is 1. The highest BCUT2D eigenvalue weighted by Crippen LogP contribution is 2.09. The number of nitrogens with zero attached hydrogens (tertiary/aromatic N) is 3. The number of nitrogens with one attached hydrogen (secondary N) is 1. The molecule has 0 bridgehead atoms. The van der Waals surface area contributed by atoms with Gasteiger partial charge in [-0.3, -0.25) is 4.79 Å². The number of fused-ring (bicyclic) bond motifs is 1. The third kappa shape index (κ3) is 2.41. The standard InChI is InChI=1S/C5H5N5.C2H5NO/c6-4-3-5(9-1-7-3)10-2-8-4;1-2(3)4/h1-2H,(H3,6,7,8,9,10);1H3,(H2,3,4). The molecule has 0 fully saturated rings. The molecule has 0 aliphatic heterocycles. The van der Waals surface area contributed by atoms with Gasteiger partial charge in [-0.2, -0.15) is 0 Å². The van der Waals surface area contributed by atoms with Gasteiger partial charge in [0, 0.05) is 6.92 Å². The molecule has 74 valence electrons. The summed E-state index contributed by atoms with van der Waals surface area (Å²) < 4.78 is 0. The van der Waals surface area contributed by atoms with Crippen LogP contribution < -0.4 is 11.5 Å². The Morgan fingerprint density at radius 1 is 1.43 bits per heavy atom. The summed E-state index contributed by atoms with van der Waals surface area (Å²) in [7, 11) is 0. The maximum atomic E-state index is 9.22. The van der Waals surface area contributed by atoms with E-state index < -0.39 is 0 Å². The summed E-state index contributed by atoms with van der Waals surface area (Å²) in [5.74, 6) is 0.0995. The van der Waals surface area contributed by atoms with Crippen molar-refractivity contribution in [2.24, 2.45) is 5.73 Å². The lowest BCUT2D eigenvalue weighted by Gasteiger charge is -1.89. The minimum Gasteiger partial charge on any atom is -0.382 e. The fourth-order valence-corrected chi connectivity index (χ4v) is 0.784. The molecule has 7 nitrogen and oxygen atoms in total. The number of amides is 1. The lowest BCUT2D eigenvalue weighted by molar-refractivity contribution is -0.115. The van der Waals surface area contributed by atoms with Gasteiger partial charge < -0.3 is 16.5 Å². The number of anilines is 1. The third-order valence-corrected chi connectivity index (χ3v) is 1.25. The van der Waals surface area contributed by atoms with Gasteiger partial charge in [0.2, 0.25) is 5.91 Å². The van der Waals surface area contributed by atoms with Crippen molar-refractivity contribution in [2.45, 2.75) is 6.92 Å². The minimum atomic E-state index is -0.333. The van der Waals surface area contributed by atoms with Crippen LogP contribution in [0.15, 0.2) is 12.7 Å². The Labute approximate surface area is 79.6 Å². The van der Waals surface area contributed by atoms with Crippen molar-refractivity contribution in [1.29, 1.82) is 0 Å². The lowest BCUT2D eigenvalue weighted by atomic mass is 10.5. The molecule has 0 aliphatic carbocycles. The minimum absolute atomic E-state index is 0.333. The van der Waals surface area contributed by atoms with Gasteiger partial charge in [-0.25, -0.2) is 15.0 Å². The van der Waals surface area contributed by atoms with Gasteiger partial charge in [0.25, 0.3) is 0 Å². The number of H-pyrrole nitrogens is 1. The highest BCUT2D eigenvalue weighted by molar-refractivity contribution is 5.80. The van der Waals surface area contributed by atoms with Gasteiger partial charge in [0.15, 0.2) is 11.5 Å². The number of carbonyl (C=O) groups excluding carboxylic acids is 1. The van der Waals surface area contributed by atoms with Crippen LogP contribution in [0.25, 0.3) is 11.2 Å². The van der Waals surface area contributed by atoms with E-state index in [2.05, 4.69) is 25.7 Å². The van der Waals surface area contributed by atoms with Crippen LogP contribution in [0.5, 0.6) is 0 Å². The maximum Gasteiger partial charge on any atom is 0.214 e. The van der Waals surface area contributed by atoms with Gasteiger partial charge in [-0.15, -0.1) is 0 Å². The molecule has 1 amide bonds. The van der Waals surface area contributed by atoms with Crippen LogP contribution in [-0.4, -0.2) is 25.8 Å². The smallest absolute Gasteiger partial charge is 0.214 e. The van der Waals surface area contributed by atoms with E-state index >= 15 is 0 Å². The molecule has 2 rings (SSSR count). The number of rotatable bonds is 0. The van der Waals surface area contributed by atoms with Crippen molar-refractivity contribution < 1.29 is 4.79 Å². The van der Waals surface area contributed by atoms with E-state index in [1.54, 1.807) is 0 Å². The number of carbonyl (C=O) groups is 1. The lowest BCUT2D eigenvalue weighted by Crippen LogP contribution is -2.01. The highest BCUT2D eigenvalue weighted by atomic mass is 16.1. The predicted octanol–water partition coefficient (Wildman–Crippen LogP) is -0.573. The number of nitrogens with two attached hydrogens (primary N) is 2. The second kappa shape index (κ2) is 4.17. The molecule has 0 unspecified atom stereocenters. The molecule has 0 aliphatic rings. The van der Waals surface area contributed by atoms with Crippen LogP contribution in [0.1, 0.15) is 6.92 Å². The number of nitrogen functional groups attached to an aromatic ring is 1. The average Bonchev–Trinajstić information content (AvgIpc) is 2.52. The van der Waals surface area contributed by atoms with Gasteiger partial charge in [0.05, 0.1) is 6.33 Å². The molecule has 0 aromatic carbocycles. The van der Waals surface area contributed by atoms with Crippen molar-refractivity contribution in [2.75, 3.05) is 5.73 Å². The Kier molecular flexibility index (Phi) is 2.95. The van der Waals surface area contributed by atoms with Crippen molar-refractivity contribution in [3.05, 3.63) is 12.7 Å². The van der Waals surface area contributed by atoms with Crippen molar-refractivity contribution in [3.8, 4) is 0 Å². The molecule has 2 aromatic heterocycles. The number of aromatic nitrogens is 4. The summed E-state index contributed by atoms with van der Waals surface area (Å²) in [6.07, 6.45) is 2.92. The molecule has 0 saturated carbocycles. The molecule has 2 aromatic rings. The Morgan fingerprint density at radius 3 is 2.64 bits per heavy atom. The van der Waals surface area contributed by atoms with E-state index in [-0.39, 0.29) is 5.91 Å². The normalized spacial score (nSPS) is 9.21. The second-order valence-electron chi connectivity index (χ2n) is 2.47. The van der Waals surface area contributed by atoms with Crippen LogP contribution in [0, 0.1) is 0 Å². The number of primary amides is 1. The number of hydrogen-bond donors (Lipinski definition) is 3. The first-order valence-corrected chi connectivity index (χ1v) is 3.77. The Hall–Kier alpha value is -2.18. The first-order chi connectivity index (χ1) is 6.61. The Bertz CT molecular complexity index is 432. The molecule has 0 saturated heterocycles. The van der Waals surface area contributed by atoms with Crippen molar-refractivity contribution >= 4 is 22.9 Å². The third-order valence-electron chi connectivity index (χ3n) is 1.25. The van der Waals surface area contributed by atoms with Crippen molar-refractivity contribution in [3.63, 3.8) is 0 Å². The first-order valence-electron chi connectivity index (χ1n) is 3.77. The van der Waals surface area contributed by atoms with E-state index in [1.807, 2.05) is 0 Å². The zero-order chi connectivity index (χ0) is 10.6. The largest absolute Gasteiger partial charge is 0.382 e. The molecule has 7 heteroatoms. The SMILES string of the molecule is CC(N)=O.Nc1ncnc2nc[nH]c12. The van der Waals surface area contributed by atoms with E-state index in [0.29, 0.717) is 17.0 Å². The van der Waals surface area contributed by atoms with Crippen LogP contribution in [0.3, 0.4) is 0 Å². The number of imidazole rings is 1. The summed E-state index contributed by atoms with van der Waals surface area (Å²) in [6.45, 7) is 1.31. The monoisotopic (exact) mass is 194 g/mol. The molecular weight excluding hydrogens is 184 g/mol. The quantitative estimate of drug-likeness (QED) is 0.518. The molecule has 0 atom stereocenters.